The van der Waals surface area contributed by atoms with Crippen LogP contribution in [0.5, 0.6) is 0 Å². The van der Waals surface area contributed by atoms with Crippen LogP contribution in [0.3, 0.4) is 0 Å². The summed E-state index contributed by atoms with van der Waals surface area (Å²) in [6, 6.07) is 14.2. The SMILES string of the molecule is O=C1OC(c2ccccc2Br)=NC1=Cc1coc2ccccc2c1=O. The Labute approximate surface area is 150 Å². The molecule has 1 aromatic heterocycles. The Morgan fingerprint density at radius 3 is 2.60 bits per heavy atom. The highest BCUT2D eigenvalue weighted by molar-refractivity contribution is 9.10. The number of halogens is 1. The smallest absolute Gasteiger partial charge is 0.363 e. The molecule has 1 aliphatic heterocycles. The van der Waals surface area contributed by atoms with Crippen LogP contribution in [0, 0.1) is 0 Å². The number of ether oxygens (including phenoxy) is 1. The molecule has 0 unspecified atom stereocenters. The third-order valence-electron chi connectivity index (χ3n) is 3.72. The molecule has 122 valence electrons. The second-order valence-electron chi connectivity index (χ2n) is 5.33. The predicted molar refractivity (Wildman–Crippen MR) is 97.2 cm³/mol. The second kappa shape index (κ2) is 6.14. The van der Waals surface area contributed by atoms with Crippen molar-refractivity contribution in [3.05, 3.63) is 86.3 Å². The molecule has 0 aliphatic carbocycles. The summed E-state index contributed by atoms with van der Waals surface area (Å²) < 4.78 is 11.4. The Balaban J connectivity index is 1.79. The quantitative estimate of drug-likeness (QED) is 0.487. The molecule has 4 rings (SSSR count). The molecule has 1 aliphatic rings. The maximum atomic E-state index is 12.5. The van der Waals surface area contributed by atoms with E-state index < -0.39 is 5.97 Å². The number of hydrogen-bond acceptors (Lipinski definition) is 5. The van der Waals surface area contributed by atoms with Gasteiger partial charge in [-0.05, 0) is 46.3 Å². The van der Waals surface area contributed by atoms with Gasteiger partial charge in [0.2, 0.25) is 5.90 Å². The molecule has 5 nitrogen and oxygen atoms in total. The zero-order valence-corrected chi connectivity index (χ0v) is 14.3. The van der Waals surface area contributed by atoms with E-state index in [0.717, 1.165) is 4.47 Å². The lowest BCUT2D eigenvalue weighted by Gasteiger charge is -2.01. The summed E-state index contributed by atoms with van der Waals surface area (Å²) in [6.07, 6.45) is 2.70. The molecule has 2 heterocycles. The zero-order chi connectivity index (χ0) is 17.4. The van der Waals surface area contributed by atoms with Gasteiger partial charge in [0.05, 0.1) is 16.5 Å². The second-order valence-corrected chi connectivity index (χ2v) is 6.19. The van der Waals surface area contributed by atoms with Crippen LogP contribution in [0.25, 0.3) is 17.0 Å². The summed E-state index contributed by atoms with van der Waals surface area (Å²) >= 11 is 3.40. The number of carbonyl (C=O) groups excluding carboxylic acids is 1. The van der Waals surface area contributed by atoms with Crippen LogP contribution in [-0.2, 0) is 9.53 Å². The van der Waals surface area contributed by atoms with Crippen LogP contribution in [0.4, 0.5) is 0 Å². The van der Waals surface area contributed by atoms with E-state index in [4.69, 9.17) is 9.15 Å². The number of benzene rings is 2. The first kappa shape index (κ1) is 15.5. The summed E-state index contributed by atoms with van der Waals surface area (Å²) in [6.45, 7) is 0. The van der Waals surface area contributed by atoms with Gasteiger partial charge >= 0.3 is 5.97 Å². The van der Waals surface area contributed by atoms with Crippen LogP contribution in [0.15, 0.2) is 79.2 Å². The first-order chi connectivity index (χ1) is 12.1. The number of aliphatic imine (C=N–C) groups is 1. The highest BCUT2D eigenvalue weighted by Gasteiger charge is 2.25. The minimum atomic E-state index is -0.613. The van der Waals surface area contributed by atoms with Gasteiger partial charge in [-0.2, -0.15) is 0 Å². The average molecular weight is 396 g/mol. The third kappa shape index (κ3) is 2.81. The molecule has 3 aromatic rings. The van der Waals surface area contributed by atoms with Crippen molar-refractivity contribution in [3.8, 4) is 0 Å². The number of carbonyl (C=O) groups is 1. The third-order valence-corrected chi connectivity index (χ3v) is 4.42. The maximum Gasteiger partial charge on any atom is 0.363 e. The molecular formula is C19H10BrNO4. The molecule has 2 aromatic carbocycles. The Morgan fingerprint density at radius 1 is 1.00 bits per heavy atom. The summed E-state index contributed by atoms with van der Waals surface area (Å²) in [5, 5.41) is 0.443. The standard InChI is InChI=1S/C19H10BrNO4/c20-14-7-3-1-5-12(14)18-21-15(19(23)25-18)9-11-10-24-16-8-4-2-6-13(16)17(11)22/h1-10H. The lowest BCUT2D eigenvalue weighted by Crippen LogP contribution is -2.07. The molecule has 0 amide bonds. The van der Waals surface area contributed by atoms with Crippen molar-refractivity contribution in [3.63, 3.8) is 0 Å². The van der Waals surface area contributed by atoms with Gasteiger partial charge in [0.25, 0.3) is 0 Å². The van der Waals surface area contributed by atoms with Crippen molar-refractivity contribution in [2.45, 2.75) is 0 Å². The normalized spacial score (nSPS) is 15.5. The van der Waals surface area contributed by atoms with E-state index >= 15 is 0 Å². The molecular weight excluding hydrogens is 386 g/mol. The predicted octanol–water partition coefficient (Wildman–Crippen LogP) is 3.90. The molecule has 0 fully saturated rings. The van der Waals surface area contributed by atoms with Crippen LogP contribution >= 0.6 is 15.9 Å². The Kier molecular flexibility index (Phi) is 3.82. The summed E-state index contributed by atoms with van der Waals surface area (Å²) in [5.41, 5.74) is 1.20. The van der Waals surface area contributed by atoms with Crippen molar-refractivity contribution in [2.75, 3.05) is 0 Å². The number of fused-ring (bicyclic) bond motifs is 1. The van der Waals surface area contributed by atoms with E-state index in [1.807, 2.05) is 18.2 Å². The Hall–Kier alpha value is -2.99. The first-order valence-electron chi connectivity index (χ1n) is 7.41. The van der Waals surface area contributed by atoms with E-state index in [1.165, 1.54) is 12.3 Å². The van der Waals surface area contributed by atoms with Crippen molar-refractivity contribution >= 4 is 44.8 Å². The number of nitrogens with zero attached hydrogens (tertiary/aromatic N) is 1. The van der Waals surface area contributed by atoms with E-state index in [2.05, 4.69) is 20.9 Å². The highest BCUT2D eigenvalue weighted by atomic mass is 79.9. The van der Waals surface area contributed by atoms with E-state index in [0.29, 0.717) is 16.5 Å². The molecule has 0 saturated carbocycles. The molecule has 0 spiro atoms. The van der Waals surface area contributed by atoms with E-state index in [1.54, 1.807) is 30.3 Å². The summed E-state index contributed by atoms with van der Waals surface area (Å²) in [7, 11) is 0. The fourth-order valence-corrected chi connectivity index (χ4v) is 2.95. The van der Waals surface area contributed by atoms with Crippen LogP contribution in [0.2, 0.25) is 0 Å². The van der Waals surface area contributed by atoms with Gasteiger partial charge in [-0.15, -0.1) is 0 Å². The minimum absolute atomic E-state index is 0.0494. The van der Waals surface area contributed by atoms with Gasteiger partial charge in [-0.25, -0.2) is 9.79 Å². The first-order valence-corrected chi connectivity index (χ1v) is 8.21. The van der Waals surface area contributed by atoms with Crippen molar-refractivity contribution < 1.29 is 13.9 Å². The number of hydrogen-bond donors (Lipinski definition) is 0. The topological polar surface area (TPSA) is 68.9 Å². The summed E-state index contributed by atoms with van der Waals surface area (Å²) in [4.78, 5) is 28.8. The van der Waals surface area contributed by atoms with Gasteiger partial charge in [0, 0.05) is 4.47 Å². The number of esters is 1. The van der Waals surface area contributed by atoms with Gasteiger partial charge < -0.3 is 9.15 Å². The van der Waals surface area contributed by atoms with Gasteiger partial charge in [0.15, 0.2) is 11.1 Å². The fourth-order valence-electron chi connectivity index (χ4n) is 2.50. The highest BCUT2D eigenvalue weighted by Crippen LogP contribution is 2.23. The molecule has 0 atom stereocenters. The van der Waals surface area contributed by atoms with Gasteiger partial charge in [-0.1, -0.05) is 24.3 Å². The van der Waals surface area contributed by atoms with Gasteiger partial charge in [-0.3, -0.25) is 4.79 Å². The van der Waals surface area contributed by atoms with Crippen molar-refractivity contribution in [2.24, 2.45) is 4.99 Å². The molecule has 0 saturated heterocycles. The Morgan fingerprint density at radius 2 is 1.76 bits per heavy atom. The van der Waals surface area contributed by atoms with Crippen LogP contribution in [0.1, 0.15) is 11.1 Å². The van der Waals surface area contributed by atoms with Crippen molar-refractivity contribution in [1.82, 2.24) is 0 Å². The lowest BCUT2D eigenvalue weighted by atomic mass is 10.1. The maximum absolute atomic E-state index is 12.5. The number of rotatable bonds is 2. The molecule has 6 heteroatoms. The minimum Gasteiger partial charge on any atom is -0.463 e. The molecule has 0 bridgehead atoms. The number of cyclic esters (lactones) is 1. The lowest BCUT2D eigenvalue weighted by molar-refractivity contribution is -0.129. The molecule has 0 radical (unpaired) electrons. The van der Waals surface area contributed by atoms with Gasteiger partial charge in [0.1, 0.15) is 11.8 Å². The zero-order valence-electron chi connectivity index (χ0n) is 12.7. The monoisotopic (exact) mass is 395 g/mol. The van der Waals surface area contributed by atoms with Crippen molar-refractivity contribution in [1.29, 1.82) is 0 Å². The Bertz CT molecular complexity index is 1130. The number of para-hydroxylation sites is 1. The fraction of sp³-hybridized carbons (Fsp3) is 0. The van der Waals surface area contributed by atoms with E-state index in [9.17, 15) is 9.59 Å². The van der Waals surface area contributed by atoms with Crippen LogP contribution < -0.4 is 5.43 Å². The summed E-state index contributed by atoms with van der Waals surface area (Å²) in [5.74, 6) is -0.424. The van der Waals surface area contributed by atoms with E-state index in [-0.39, 0.29) is 22.6 Å². The van der Waals surface area contributed by atoms with Crippen LogP contribution in [-0.4, -0.2) is 11.9 Å². The average Bonchev–Trinajstić information content (AvgIpc) is 2.98. The largest absolute Gasteiger partial charge is 0.463 e. The molecule has 0 N–H and O–H groups in total. The molecule has 25 heavy (non-hydrogen) atoms.